The Morgan fingerprint density at radius 2 is 2.07 bits per heavy atom. The van der Waals surface area contributed by atoms with E-state index in [0.717, 1.165) is 11.8 Å². The number of carbonyl (C=O) groups excluding carboxylic acids is 1. The summed E-state index contributed by atoms with van der Waals surface area (Å²) in [6, 6.07) is 3.54. The fourth-order valence-corrected chi connectivity index (χ4v) is 3.72. The molecule has 2 aliphatic rings. The molecule has 0 bridgehead atoms. The van der Waals surface area contributed by atoms with E-state index in [4.69, 9.17) is 15.3 Å². The minimum Gasteiger partial charge on any atom is -0.478 e. The zero-order valence-electron chi connectivity index (χ0n) is 15.9. The molecule has 7 nitrogen and oxygen atoms in total. The molecule has 28 heavy (non-hydrogen) atoms. The maximum atomic E-state index is 14.4. The number of rotatable bonds is 6. The van der Waals surface area contributed by atoms with Crippen LogP contribution in [0.4, 0.5) is 4.39 Å². The van der Waals surface area contributed by atoms with Crippen LogP contribution in [0.5, 0.6) is 0 Å². The number of nitrogens with one attached hydrogen (secondary N) is 2. The summed E-state index contributed by atoms with van der Waals surface area (Å²) in [7, 11) is 3.36. The van der Waals surface area contributed by atoms with Gasteiger partial charge in [0.15, 0.2) is 0 Å². The van der Waals surface area contributed by atoms with E-state index < -0.39 is 11.8 Å². The minimum atomic E-state index is -1.21. The van der Waals surface area contributed by atoms with E-state index in [0.29, 0.717) is 37.9 Å². The quantitative estimate of drug-likeness (QED) is 0.646. The average molecular weight is 389 g/mol. The normalized spacial score (nSPS) is 20.0. The van der Waals surface area contributed by atoms with E-state index in [2.05, 4.69) is 5.32 Å². The van der Waals surface area contributed by atoms with E-state index in [-0.39, 0.29) is 34.8 Å². The van der Waals surface area contributed by atoms with E-state index in [9.17, 15) is 14.0 Å². The van der Waals surface area contributed by atoms with Crippen molar-refractivity contribution in [1.82, 2.24) is 10.2 Å². The second kappa shape index (κ2) is 8.10. The van der Waals surface area contributed by atoms with Crippen molar-refractivity contribution in [1.29, 1.82) is 5.41 Å². The number of halogens is 1. The lowest BCUT2D eigenvalue weighted by Gasteiger charge is -2.41. The summed E-state index contributed by atoms with van der Waals surface area (Å²) in [5, 5.41) is 20.5. The number of carboxylic acid groups (broad SMARTS) is 1. The molecule has 1 amide bonds. The van der Waals surface area contributed by atoms with Crippen LogP contribution in [-0.4, -0.2) is 60.9 Å². The summed E-state index contributed by atoms with van der Waals surface area (Å²) in [4.78, 5) is 25.4. The number of amides is 1. The number of nitrogens with zero attached hydrogens (tertiary/aromatic N) is 1. The molecule has 1 aliphatic heterocycles. The minimum absolute atomic E-state index is 0.0214. The second-order valence-corrected chi connectivity index (χ2v) is 7.12. The van der Waals surface area contributed by atoms with Gasteiger partial charge in [-0.25, -0.2) is 9.18 Å². The molecule has 1 unspecified atom stereocenters. The molecular weight excluding hydrogens is 365 g/mol. The third-order valence-corrected chi connectivity index (χ3v) is 5.49. The van der Waals surface area contributed by atoms with Crippen molar-refractivity contribution >= 4 is 17.6 Å². The van der Waals surface area contributed by atoms with Gasteiger partial charge in [0.25, 0.3) is 0 Å². The van der Waals surface area contributed by atoms with E-state index >= 15 is 0 Å². The molecule has 0 aromatic heterocycles. The van der Waals surface area contributed by atoms with E-state index in [1.54, 1.807) is 19.1 Å². The highest BCUT2D eigenvalue weighted by atomic mass is 19.1. The lowest BCUT2D eigenvalue weighted by molar-refractivity contribution is -0.147. The molecule has 3 N–H and O–H groups in total. The standard InChI is InChI=1S/C20H24FN3O4/c1-23-17-8-11(19(25)24-9-13(10-24)28-2)3-6-15(17)18(22)14-5-4-12(20(26)27)7-16(14)21/h4-5,7,11,13,22-23H,3,6,8-10H2,1-2H3,(H,26,27). The van der Waals surface area contributed by atoms with Gasteiger partial charge in [-0.15, -0.1) is 0 Å². The SMILES string of the molecule is CNC1=C(C(=N)c2ccc(C(=O)O)cc2F)CCC(C(=O)N2CC(OC)C2)C1. The number of carboxylic acids is 1. The maximum Gasteiger partial charge on any atom is 0.335 e. The number of ether oxygens (including phenoxy) is 1. The first kappa shape index (κ1) is 20.0. The van der Waals surface area contributed by atoms with Gasteiger partial charge in [-0.2, -0.15) is 0 Å². The molecule has 0 radical (unpaired) electrons. The van der Waals surface area contributed by atoms with Crippen LogP contribution in [0.3, 0.4) is 0 Å². The number of hydrogen-bond acceptors (Lipinski definition) is 5. The molecule has 1 heterocycles. The molecule has 8 heteroatoms. The topological polar surface area (TPSA) is 103 Å². The van der Waals surface area contributed by atoms with Crippen molar-refractivity contribution in [3.8, 4) is 0 Å². The summed E-state index contributed by atoms with van der Waals surface area (Å²) in [5.74, 6) is -2.04. The largest absolute Gasteiger partial charge is 0.478 e. The highest BCUT2D eigenvalue weighted by Crippen LogP contribution is 2.33. The number of methoxy groups -OCH3 is 1. The van der Waals surface area contributed by atoms with Crippen molar-refractivity contribution < 1.29 is 23.8 Å². The van der Waals surface area contributed by atoms with Gasteiger partial charge < -0.3 is 20.1 Å². The summed E-state index contributed by atoms with van der Waals surface area (Å²) in [5.41, 5.74) is 1.33. The number of benzene rings is 1. The molecule has 1 aromatic rings. The van der Waals surface area contributed by atoms with Gasteiger partial charge >= 0.3 is 5.97 Å². The molecule has 0 saturated carbocycles. The third kappa shape index (κ3) is 3.77. The zero-order chi connectivity index (χ0) is 20.4. The Balaban J connectivity index is 1.76. The fourth-order valence-electron chi connectivity index (χ4n) is 3.72. The number of carbonyl (C=O) groups is 2. The van der Waals surface area contributed by atoms with Crippen LogP contribution in [0.25, 0.3) is 0 Å². The molecule has 1 atom stereocenters. The smallest absolute Gasteiger partial charge is 0.335 e. The van der Waals surface area contributed by atoms with Gasteiger partial charge in [-0.1, -0.05) is 0 Å². The first-order chi connectivity index (χ1) is 13.3. The number of hydrogen-bond donors (Lipinski definition) is 3. The van der Waals surface area contributed by atoms with Gasteiger partial charge in [0.2, 0.25) is 5.91 Å². The summed E-state index contributed by atoms with van der Waals surface area (Å²) < 4.78 is 19.6. The Labute approximate surface area is 162 Å². The Hall–Kier alpha value is -2.74. The van der Waals surface area contributed by atoms with Crippen LogP contribution in [-0.2, 0) is 9.53 Å². The molecule has 150 valence electrons. The van der Waals surface area contributed by atoms with Crippen LogP contribution >= 0.6 is 0 Å². The Morgan fingerprint density at radius 1 is 1.36 bits per heavy atom. The highest BCUT2D eigenvalue weighted by molar-refractivity contribution is 6.11. The van der Waals surface area contributed by atoms with Crippen LogP contribution in [0.1, 0.15) is 35.2 Å². The van der Waals surface area contributed by atoms with Gasteiger partial charge in [0, 0.05) is 44.4 Å². The van der Waals surface area contributed by atoms with Gasteiger partial charge in [0.05, 0.1) is 17.4 Å². The summed E-state index contributed by atoms with van der Waals surface area (Å²) >= 11 is 0. The average Bonchev–Trinajstić information content (AvgIpc) is 2.65. The van der Waals surface area contributed by atoms with Crippen molar-refractivity contribution in [2.24, 2.45) is 5.92 Å². The zero-order valence-corrected chi connectivity index (χ0v) is 15.9. The maximum absolute atomic E-state index is 14.4. The lowest BCUT2D eigenvalue weighted by atomic mass is 9.82. The Kier molecular flexibility index (Phi) is 5.79. The lowest BCUT2D eigenvalue weighted by Crippen LogP contribution is -2.56. The molecule has 1 fully saturated rings. The van der Waals surface area contributed by atoms with Gasteiger partial charge in [-0.05, 0) is 43.0 Å². The monoisotopic (exact) mass is 389 g/mol. The number of aromatic carboxylic acids is 1. The van der Waals surface area contributed by atoms with E-state index in [1.165, 1.54) is 12.1 Å². The number of allylic oxidation sites excluding steroid dienone is 2. The summed E-state index contributed by atoms with van der Waals surface area (Å²) in [6.45, 7) is 1.21. The Morgan fingerprint density at radius 3 is 2.64 bits per heavy atom. The van der Waals surface area contributed by atoms with Crippen LogP contribution in [0.15, 0.2) is 29.5 Å². The highest BCUT2D eigenvalue weighted by Gasteiger charge is 2.36. The molecule has 0 spiro atoms. The fraction of sp³-hybridized carbons (Fsp3) is 0.450. The van der Waals surface area contributed by atoms with E-state index in [1.807, 2.05) is 0 Å². The van der Waals surface area contributed by atoms with Gasteiger partial charge in [0.1, 0.15) is 5.82 Å². The second-order valence-electron chi connectivity index (χ2n) is 7.12. The third-order valence-electron chi connectivity index (χ3n) is 5.49. The van der Waals surface area contributed by atoms with Crippen molar-refractivity contribution in [3.05, 3.63) is 46.4 Å². The molecular formula is C20H24FN3O4. The van der Waals surface area contributed by atoms with Crippen LogP contribution in [0, 0.1) is 17.1 Å². The molecule has 1 saturated heterocycles. The van der Waals surface area contributed by atoms with Crippen LogP contribution < -0.4 is 5.32 Å². The molecule has 1 aromatic carbocycles. The predicted octanol–water partition coefficient (Wildman–Crippen LogP) is 2.02. The van der Waals surface area contributed by atoms with Crippen molar-refractivity contribution in [2.45, 2.75) is 25.4 Å². The van der Waals surface area contributed by atoms with Crippen LogP contribution in [0.2, 0.25) is 0 Å². The van der Waals surface area contributed by atoms with Crippen molar-refractivity contribution in [3.63, 3.8) is 0 Å². The molecule has 1 aliphatic carbocycles. The first-order valence-electron chi connectivity index (χ1n) is 9.19. The summed E-state index contributed by atoms with van der Waals surface area (Å²) in [6.07, 6.45) is 1.64. The molecule has 3 rings (SSSR count). The first-order valence-corrected chi connectivity index (χ1v) is 9.19. The Bertz CT molecular complexity index is 846. The predicted molar refractivity (Wildman–Crippen MR) is 101 cm³/mol. The van der Waals surface area contributed by atoms with Gasteiger partial charge in [-0.3, -0.25) is 10.2 Å². The van der Waals surface area contributed by atoms with Crippen molar-refractivity contribution in [2.75, 3.05) is 27.2 Å². The number of likely N-dealkylation sites (tertiary alicyclic amines) is 1.